The molecular weight excluding hydrogens is 616 g/mol. The monoisotopic (exact) mass is 650 g/mol. The minimum atomic E-state index is -1.07. The number of nitrogens with one attached hydrogen (secondary N) is 3. The zero-order valence-electron chi connectivity index (χ0n) is 25.4. The second-order valence-corrected chi connectivity index (χ2v) is 12.2. The molecule has 0 saturated heterocycles. The smallest absolute Gasteiger partial charge is 0.407 e. The van der Waals surface area contributed by atoms with Crippen LogP contribution in [0.25, 0.3) is 21.3 Å². The number of nitrogens with zero attached hydrogens (tertiary/aromatic N) is 3. The van der Waals surface area contributed by atoms with Crippen molar-refractivity contribution in [1.82, 2.24) is 25.6 Å². The number of hydrogen-bond donors (Lipinski definition) is 5. The number of aliphatic imine (C=N–C) groups is 1. The molecule has 0 spiro atoms. The molecule has 2 atom stereocenters. The molecule has 1 aliphatic carbocycles. The number of H-pyrrole nitrogens is 1. The predicted octanol–water partition coefficient (Wildman–Crippen LogP) is 3.89. The van der Waals surface area contributed by atoms with Gasteiger partial charge in [0.25, 0.3) is 0 Å². The van der Waals surface area contributed by atoms with Gasteiger partial charge in [0.1, 0.15) is 12.6 Å². The first kappa shape index (κ1) is 31.4. The summed E-state index contributed by atoms with van der Waals surface area (Å²) in [6, 6.07) is 21.5. The Morgan fingerprint density at radius 1 is 0.936 bits per heavy atom. The normalized spacial score (nSPS) is 13.3. The molecule has 2 aromatic heterocycles. The number of aromatic nitrogens is 3. The summed E-state index contributed by atoms with van der Waals surface area (Å²) in [6.45, 7) is 0.360. The van der Waals surface area contributed by atoms with E-state index in [1.165, 1.54) is 17.7 Å². The van der Waals surface area contributed by atoms with Crippen molar-refractivity contribution < 1.29 is 19.1 Å². The summed E-state index contributed by atoms with van der Waals surface area (Å²) in [7, 11) is 0. The van der Waals surface area contributed by atoms with Gasteiger partial charge >= 0.3 is 6.09 Å². The van der Waals surface area contributed by atoms with Gasteiger partial charge in [-0.3, -0.25) is 14.6 Å². The standard InChI is InChI=1S/C34H34N8O4S/c35-33(36)38-15-7-13-27(30(43)32-41-26-12-5-6-14-29(26)47-32)40-31(44)28(16-20-17-37-19-39-20)42-34(45)46-18-25-23-10-3-1-8-21(23)22-9-2-4-11-24(22)25/h1-6,8-12,14,17,19,25,27-28H,7,13,15-16,18H2,(H,37,39)(H,40,44)(H,42,45)(H4,35,36,38)/t27-,28-/m0/s1. The maximum Gasteiger partial charge on any atom is 0.407 e. The van der Waals surface area contributed by atoms with Crippen LogP contribution in [0, 0.1) is 0 Å². The van der Waals surface area contributed by atoms with Crippen molar-refractivity contribution in [3.63, 3.8) is 0 Å². The van der Waals surface area contributed by atoms with Gasteiger partial charge in [0.15, 0.2) is 11.0 Å². The number of nitrogens with two attached hydrogens (primary N) is 2. The van der Waals surface area contributed by atoms with Gasteiger partial charge in [-0.1, -0.05) is 60.7 Å². The molecule has 240 valence electrons. The molecule has 0 bridgehead atoms. The van der Waals surface area contributed by atoms with Crippen LogP contribution in [-0.2, 0) is 16.0 Å². The summed E-state index contributed by atoms with van der Waals surface area (Å²) in [5.41, 5.74) is 16.6. The Labute approximate surface area is 274 Å². The van der Waals surface area contributed by atoms with E-state index in [9.17, 15) is 14.4 Å². The Morgan fingerprint density at radius 2 is 1.64 bits per heavy atom. The third-order valence-corrected chi connectivity index (χ3v) is 9.07. The second-order valence-electron chi connectivity index (χ2n) is 11.2. The first-order chi connectivity index (χ1) is 22.9. The lowest BCUT2D eigenvalue weighted by molar-refractivity contribution is -0.123. The largest absolute Gasteiger partial charge is 0.449 e. The highest BCUT2D eigenvalue weighted by Crippen LogP contribution is 2.44. The molecule has 0 fully saturated rings. The van der Waals surface area contributed by atoms with Crippen molar-refractivity contribution >= 4 is 45.3 Å². The minimum Gasteiger partial charge on any atom is -0.449 e. The molecule has 1 aliphatic rings. The van der Waals surface area contributed by atoms with Gasteiger partial charge in [-0.05, 0) is 47.2 Å². The molecule has 13 heteroatoms. The Morgan fingerprint density at radius 3 is 2.32 bits per heavy atom. The summed E-state index contributed by atoms with van der Waals surface area (Å²) >= 11 is 1.25. The van der Waals surface area contributed by atoms with E-state index in [2.05, 4.69) is 42.7 Å². The van der Waals surface area contributed by atoms with E-state index in [-0.39, 0.29) is 48.7 Å². The molecule has 47 heavy (non-hydrogen) atoms. The van der Waals surface area contributed by atoms with Crippen LogP contribution in [0.4, 0.5) is 4.79 Å². The number of ketones is 1. The number of fused-ring (bicyclic) bond motifs is 4. The molecule has 0 unspecified atom stereocenters. The van der Waals surface area contributed by atoms with E-state index in [0.29, 0.717) is 17.6 Å². The zero-order chi connectivity index (χ0) is 32.8. The van der Waals surface area contributed by atoms with Crippen molar-refractivity contribution in [2.24, 2.45) is 16.5 Å². The van der Waals surface area contributed by atoms with Gasteiger partial charge in [0.05, 0.1) is 22.6 Å². The Hall–Kier alpha value is -5.56. The van der Waals surface area contributed by atoms with Crippen LogP contribution in [0.1, 0.15) is 45.4 Å². The Kier molecular flexibility index (Phi) is 9.53. The fourth-order valence-electron chi connectivity index (χ4n) is 5.78. The lowest BCUT2D eigenvalue weighted by Gasteiger charge is -2.22. The average Bonchev–Trinajstić information content (AvgIpc) is 3.82. The number of amides is 2. The molecule has 6 rings (SSSR count). The quantitative estimate of drug-likeness (QED) is 0.0549. The highest BCUT2D eigenvalue weighted by atomic mass is 32.1. The van der Waals surface area contributed by atoms with Gasteiger partial charge in [0.2, 0.25) is 11.7 Å². The van der Waals surface area contributed by atoms with E-state index in [0.717, 1.165) is 27.0 Å². The lowest BCUT2D eigenvalue weighted by Crippen LogP contribution is -2.52. The highest BCUT2D eigenvalue weighted by Gasteiger charge is 2.32. The number of ether oxygens (including phenoxy) is 1. The van der Waals surface area contributed by atoms with E-state index in [1.54, 1.807) is 6.20 Å². The number of hydrogen-bond acceptors (Lipinski definition) is 8. The molecule has 3 aromatic carbocycles. The van der Waals surface area contributed by atoms with Crippen LogP contribution in [0.3, 0.4) is 0 Å². The molecule has 0 saturated carbocycles. The molecule has 2 heterocycles. The van der Waals surface area contributed by atoms with Gasteiger partial charge < -0.3 is 31.8 Å². The van der Waals surface area contributed by atoms with Gasteiger partial charge in [-0.15, -0.1) is 11.3 Å². The van der Waals surface area contributed by atoms with Crippen LogP contribution >= 0.6 is 11.3 Å². The highest BCUT2D eigenvalue weighted by molar-refractivity contribution is 7.20. The molecule has 2 amide bonds. The zero-order valence-corrected chi connectivity index (χ0v) is 26.2. The molecule has 7 N–H and O–H groups in total. The van der Waals surface area contributed by atoms with Crippen molar-refractivity contribution in [3.8, 4) is 11.1 Å². The number of Topliss-reactive ketones (excluding diaryl/α,β-unsaturated/α-hetero) is 1. The van der Waals surface area contributed by atoms with E-state index < -0.39 is 24.1 Å². The first-order valence-corrected chi connectivity index (χ1v) is 16.0. The third kappa shape index (κ3) is 7.31. The molecule has 0 radical (unpaired) electrons. The molecule has 5 aromatic rings. The van der Waals surface area contributed by atoms with E-state index in [1.807, 2.05) is 60.7 Å². The summed E-state index contributed by atoms with van der Waals surface area (Å²) in [5.74, 6) is -1.11. The predicted molar refractivity (Wildman–Crippen MR) is 180 cm³/mol. The van der Waals surface area contributed by atoms with Crippen LogP contribution < -0.4 is 22.1 Å². The summed E-state index contributed by atoms with van der Waals surface area (Å²) in [6.07, 6.45) is 3.06. The van der Waals surface area contributed by atoms with Crippen LogP contribution in [0.5, 0.6) is 0 Å². The average molecular weight is 651 g/mol. The number of guanidine groups is 1. The third-order valence-electron chi connectivity index (χ3n) is 8.01. The minimum absolute atomic E-state index is 0.0602. The molecular formula is C34H34N8O4S. The number of imidazole rings is 1. The SMILES string of the molecule is NC(N)=NCCC[C@H](NC(=O)[C@H](Cc1cnc[nH]1)NC(=O)OCC1c2ccccc2-c2ccccc21)C(=O)c1nc2ccccc2s1. The van der Waals surface area contributed by atoms with Gasteiger partial charge in [-0.25, -0.2) is 14.8 Å². The fraction of sp³-hybridized carbons (Fsp3) is 0.235. The fourth-order valence-corrected chi connectivity index (χ4v) is 6.74. The summed E-state index contributed by atoms with van der Waals surface area (Å²) < 4.78 is 6.58. The summed E-state index contributed by atoms with van der Waals surface area (Å²) in [5, 5.41) is 5.84. The van der Waals surface area contributed by atoms with Crippen molar-refractivity contribution in [2.75, 3.05) is 13.2 Å². The number of carbonyl (C=O) groups excluding carboxylic acids is 3. The van der Waals surface area contributed by atoms with Crippen LogP contribution in [0.15, 0.2) is 90.3 Å². The molecule has 12 nitrogen and oxygen atoms in total. The maximum atomic E-state index is 13.8. The number of carbonyl (C=O) groups is 3. The topological polar surface area (TPSA) is 190 Å². The van der Waals surface area contributed by atoms with Crippen LogP contribution in [0.2, 0.25) is 0 Å². The first-order valence-electron chi connectivity index (χ1n) is 15.2. The van der Waals surface area contributed by atoms with Crippen molar-refractivity contribution in [2.45, 2.75) is 37.3 Å². The van der Waals surface area contributed by atoms with Crippen molar-refractivity contribution in [3.05, 3.63) is 107 Å². The van der Waals surface area contributed by atoms with E-state index >= 15 is 0 Å². The lowest BCUT2D eigenvalue weighted by atomic mass is 9.98. The van der Waals surface area contributed by atoms with E-state index in [4.69, 9.17) is 16.2 Å². The number of benzene rings is 3. The maximum absolute atomic E-state index is 13.8. The van der Waals surface area contributed by atoms with Crippen molar-refractivity contribution in [1.29, 1.82) is 0 Å². The molecule has 0 aliphatic heterocycles. The van der Waals surface area contributed by atoms with Gasteiger partial charge in [-0.2, -0.15) is 0 Å². The van der Waals surface area contributed by atoms with Gasteiger partial charge in [0, 0.05) is 30.8 Å². The summed E-state index contributed by atoms with van der Waals surface area (Å²) in [4.78, 5) is 56.2. The number of rotatable bonds is 13. The number of alkyl carbamates (subject to hydrolysis) is 1. The number of thiazole rings is 1. The Balaban J connectivity index is 1.17. The second kappa shape index (κ2) is 14.3. The number of para-hydroxylation sites is 1. The number of aromatic amines is 1. The Bertz CT molecular complexity index is 1840. The van der Waals surface area contributed by atoms with Crippen LogP contribution in [-0.4, -0.2) is 63.9 Å².